The van der Waals surface area contributed by atoms with Crippen LogP contribution in [0.3, 0.4) is 0 Å². The highest BCUT2D eigenvalue weighted by Crippen LogP contribution is 2.24. The van der Waals surface area contributed by atoms with Crippen LogP contribution in [-0.4, -0.2) is 35.9 Å². The number of nitrogens with zero attached hydrogens (tertiary/aromatic N) is 2. The van der Waals surface area contributed by atoms with Gasteiger partial charge < -0.3 is 15.4 Å². The molecular weight excluding hydrogens is 316 g/mol. The molecule has 1 amide bonds. The van der Waals surface area contributed by atoms with E-state index in [2.05, 4.69) is 27.9 Å². The zero-order chi connectivity index (χ0) is 17.6. The fraction of sp³-hybridized carbons (Fsp3) is 0.263. The predicted octanol–water partition coefficient (Wildman–Crippen LogP) is 2.03. The predicted molar refractivity (Wildman–Crippen MR) is 97.5 cm³/mol. The third-order valence-corrected chi connectivity index (χ3v) is 4.02. The Morgan fingerprint density at radius 3 is 2.80 bits per heavy atom. The van der Waals surface area contributed by atoms with Crippen molar-refractivity contribution in [1.82, 2.24) is 20.4 Å². The third-order valence-electron chi connectivity index (χ3n) is 4.02. The number of rotatable bonds is 7. The zero-order valence-corrected chi connectivity index (χ0v) is 14.4. The molecule has 130 valence electrons. The molecule has 6 nitrogen and oxygen atoms in total. The summed E-state index contributed by atoms with van der Waals surface area (Å²) in [5, 5.41) is 12.2. The zero-order valence-electron chi connectivity index (χ0n) is 14.4. The molecular formula is C19H22N4O2. The molecule has 1 aromatic heterocycles. The molecule has 3 rings (SSSR count). The van der Waals surface area contributed by atoms with Gasteiger partial charge in [-0.3, -0.25) is 9.48 Å². The number of aryl methyl sites for hydroxylation is 1. The summed E-state index contributed by atoms with van der Waals surface area (Å²) in [6.45, 7) is 0.837. The molecule has 1 unspecified atom stereocenters. The Morgan fingerprint density at radius 1 is 1.24 bits per heavy atom. The summed E-state index contributed by atoms with van der Waals surface area (Å²) >= 11 is 0. The van der Waals surface area contributed by atoms with Crippen molar-refractivity contribution in [1.29, 1.82) is 0 Å². The molecule has 2 N–H and O–H groups in total. The minimum absolute atomic E-state index is 0.1000. The number of ether oxygens (including phenoxy) is 1. The summed E-state index contributed by atoms with van der Waals surface area (Å²) in [5.74, 6) is 0.724. The van der Waals surface area contributed by atoms with E-state index in [9.17, 15) is 4.79 Å². The molecule has 0 saturated heterocycles. The maximum Gasteiger partial charge on any atom is 0.241 e. The first kappa shape index (κ1) is 17.0. The van der Waals surface area contributed by atoms with Crippen molar-refractivity contribution < 1.29 is 9.53 Å². The van der Waals surface area contributed by atoms with Gasteiger partial charge in [-0.05, 0) is 18.5 Å². The number of likely N-dealkylation sites (N-methyl/N-ethyl adjacent to an activating group) is 1. The molecule has 0 spiro atoms. The van der Waals surface area contributed by atoms with Gasteiger partial charge in [0.15, 0.2) is 0 Å². The van der Waals surface area contributed by atoms with Gasteiger partial charge in [0, 0.05) is 24.2 Å². The van der Waals surface area contributed by atoms with E-state index in [0.717, 1.165) is 22.1 Å². The van der Waals surface area contributed by atoms with Crippen LogP contribution in [0.1, 0.15) is 11.6 Å². The molecule has 0 radical (unpaired) electrons. The van der Waals surface area contributed by atoms with Gasteiger partial charge >= 0.3 is 0 Å². The van der Waals surface area contributed by atoms with Crippen molar-refractivity contribution in [3.63, 3.8) is 0 Å². The molecule has 0 fully saturated rings. The Labute approximate surface area is 146 Å². The van der Waals surface area contributed by atoms with Gasteiger partial charge in [0.25, 0.3) is 0 Å². The SMILES string of the molecule is CNC(C(=O)NCCOc1cccc2ccccc12)c1cnn(C)c1. The summed E-state index contributed by atoms with van der Waals surface area (Å²) in [7, 11) is 3.58. The molecule has 6 heteroatoms. The largest absolute Gasteiger partial charge is 0.491 e. The lowest BCUT2D eigenvalue weighted by atomic mass is 10.1. The number of aromatic nitrogens is 2. The van der Waals surface area contributed by atoms with Crippen LogP contribution in [0.5, 0.6) is 5.75 Å². The van der Waals surface area contributed by atoms with Gasteiger partial charge in [-0.15, -0.1) is 0 Å². The fourth-order valence-corrected chi connectivity index (χ4v) is 2.80. The average Bonchev–Trinajstić information content (AvgIpc) is 3.05. The van der Waals surface area contributed by atoms with Crippen molar-refractivity contribution in [2.75, 3.05) is 20.2 Å². The number of hydrogen-bond donors (Lipinski definition) is 2. The Kier molecular flexibility index (Phi) is 5.30. The maximum atomic E-state index is 12.3. The number of nitrogens with one attached hydrogen (secondary N) is 2. The van der Waals surface area contributed by atoms with Crippen molar-refractivity contribution in [3.05, 3.63) is 60.4 Å². The second-order valence-electron chi connectivity index (χ2n) is 5.79. The highest BCUT2D eigenvalue weighted by molar-refractivity contribution is 5.88. The monoisotopic (exact) mass is 338 g/mol. The summed E-state index contributed by atoms with van der Waals surface area (Å²) in [6, 6.07) is 13.6. The summed E-state index contributed by atoms with van der Waals surface area (Å²) < 4.78 is 7.52. The standard InChI is InChI=1S/C19H22N4O2/c1-20-18(15-12-22-23(2)13-15)19(24)21-10-11-25-17-9-5-7-14-6-3-4-8-16(14)17/h3-9,12-13,18,20H,10-11H2,1-2H3,(H,21,24). The van der Waals surface area contributed by atoms with Crippen LogP contribution >= 0.6 is 0 Å². The molecule has 0 saturated carbocycles. The van der Waals surface area contributed by atoms with E-state index in [1.807, 2.05) is 43.6 Å². The second-order valence-corrected chi connectivity index (χ2v) is 5.79. The van der Waals surface area contributed by atoms with Crippen LogP contribution in [0.15, 0.2) is 54.9 Å². The second kappa shape index (κ2) is 7.81. The van der Waals surface area contributed by atoms with Gasteiger partial charge in [0.1, 0.15) is 18.4 Å². The summed E-state index contributed by atoms with van der Waals surface area (Å²) in [5.41, 5.74) is 0.831. The van der Waals surface area contributed by atoms with Gasteiger partial charge in [-0.1, -0.05) is 36.4 Å². The Bertz CT molecular complexity index is 854. The van der Waals surface area contributed by atoms with Crippen LogP contribution in [0.25, 0.3) is 10.8 Å². The van der Waals surface area contributed by atoms with Crippen LogP contribution in [0.4, 0.5) is 0 Å². The number of benzene rings is 2. The molecule has 25 heavy (non-hydrogen) atoms. The van der Waals surface area contributed by atoms with E-state index in [1.54, 1.807) is 17.9 Å². The molecule has 3 aromatic rings. The van der Waals surface area contributed by atoms with Crippen LogP contribution < -0.4 is 15.4 Å². The average molecular weight is 338 g/mol. The van der Waals surface area contributed by atoms with Gasteiger partial charge in [-0.2, -0.15) is 5.10 Å². The molecule has 1 atom stereocenters. The Balaban J connectivity index is 1.54. The van der Waals surface area contributed by atoms with Gasteiger partial charge in [0.05, 0.1) is 12.7 Å². The van der Waals surface area contributed by atoms with E-state index in [-0.39, 0.29) is 5.91 Å². The minimum Gasteiger partial charge on any atom is -0.491 e. The van der Waals surface area contributed by atoms with E-state index >= 15 is 0 Å². The van der Waals surface area contributed by atoms with Crippen LogP contribution in [-0.2, 0) is 11.8 Å². The lowest BCUT2D eigenvalue weighted by Gasteiger charge is -2.15. The first-order valence-corrected chi connectivity index (χ1v) is 8.23. The topological polar surface area (TPSA) is 68.2 Å². The van der Waals surface area contributed by atoms with Gasteiger partial charge in [-0.25, -0.2) is 0 Å². The van der Waals surface area contributed by atoms with Gasteiger partial charge in [0.2, 0.25) is 5.91 Å². The first-order valence-electron chi connectivity index (χ1n) is 8.23. The van der Waals surface area contributed by atoms with Crippen LogP contribution in [0.2, 0.25) is 0 Å². The van der Waals surface area contributed by atoms with Crippen molar-refractivity contribution >= 4 is 16.7 Å². The smallest absolute Gasteiger partial charge is 0.241 e. The number of carbonyl (C=O) groups excluding carboxylic acids is 1. The van der Waals surface area contributed by atoms with E-state index in [0.29, 0.717) is 13.2 Å². The number of fused-ring (bicyclic) bond motifs is 1. The minimum atomic E-state index is -0.425. The molecule has 1 heterocycles. The summed E-state index contributed by atoms with van der Waals surface area (Å²) in [4.78, 5) is 12.3. The molecule has 2 aromatic carbocycles. The maximum absolute atomic E-state index is 12.3. The third kappa shape index (κ3) is 3.97. The molecule has 0 aliphatic rings. The number of hydrogen-bond acceptors (Lipinski definition) is 4. The van der Waals surface area contributed by atoms with E-state index < -0.39 is 6.04 Å². The van der Waals surface area contributed by atoms with Crippen LogP contribution in [0, 0.1) is 0 Å². The quantitative estimate of drug-likeness (QED) is 0.647. The molecule has 0 aliphatic carbocycles. The lowest BCUT2D eigenvalue weighted by molar-refractivity contribution is -0.123. The first-order chi connectivity index (χ1) is 12.2. The van der Waals surface area contributed by atoms with E-state index in [4.69, 9.17) is 4.74 Å². The Morgan fingerprint density at radius 2 is 2.04 bits per heavy atom. The molecule has 0 aliphatic heterocycles. The number of carbonyl (C=O) groups is 1. The normalized spacial score (nSPS) is 12.1. The number of amides is 1. The highest BCUT2D eigenvalue weighted by atomic mass is 16.5. The molecule has 0 bridgehead atoms. The van der Waals surface area contributed by atoms with Crippen molar-refractivity contribution in [2.24, 2.45) is 7.05 Å². The van der Waals surface area contributed by atoms with E-state index in [1.165, 1.54) is 0 Å². The van der Waals surface area contributed by atoms with Crippen molar-refractivity contribution in [3.8, 4) is 5.75 Å². The fourth-order valence-electron chi connectivity index (χ4n) is 2.80. The van der Waals surface area contributed by atoms with Crippen molar-refractivity contribution in [2.45, 2.75) is 6.04 Å². The Hall–Kier alpha value is -2.86. The highest BCUT2D eigenvalue weighted by Gasteiger charge is 2.19. The lowest BCUT2D eigenvalue weighted by Crippen LogP contribution is -2.37. The summed E-state index contributed by atoms with van der Waals surface area (Å²) in [6.07, 6.45) is 3.51.